The molecule has 1 aromatic carbocycles. The van der Waals surface area contributed by atoms with Crippen LogP contribution in [-0.2, 0) is 13.1 Å². The van der Waals surface area contributed by atoms with E-state index in [9.17, 15) is 0 Å². The van der Waals surface area contributed by atoms with Crippen LogP contribution in [0.1, 0.15) is 51.7 Å². The first-order valence-corrected chi connectivity index (χ1v) is 12.3. The van der Waals surface area contributed by atoms with Crippen molar-refractivity contribution in [3.8, 4) is 0 Å². The molecule has 2 N–H and O–H groups in total. The zero-order chi connectivity index (χ0) is 22.5. The SMILES string of the molecule is CCN(CC)CCCC(C)NC(=NC)NCc1ccc(CN2CCN(CC)CC2)cc1.I. The monoisotopic (exact) mass is 558 g/mol. The average molecular weight is 559 g/mol. The Balaban J connectivity index is 0.00000512. The van der Waals surface area contributed by atoms with Gasteiger partial charge in [0.2, 0.25) is 0 Å². The van der Waals surface area contributed by atoms with Gasteiger partial charge in [-0.2, -0.15) is 0 Å². The number of piperazine rings is 1. The Morgan fingerprint density at radius 3 is 2.16 bits per heavy atom. The fourth-order valence-corrected chi connectivity index (χ4v) is 4.13. The third kappa shape index (κ3) is 10.8. The van der Waals surface area contributed by atoms with E-state index in [-0.39, 0.29) is 24.0 Å². The van der Waals surface area contributed by atoms with Crippen LogP contribution in [-0.4, -0.2) is 86.1 Å². The van der Waals surface area contributed by atoms with E-state index in [0.717, 1.165) is 38.6 Å². The van der Waals surface area contributed by atoms with E-state index in [1.54, 1.807) is 0 Å². The molecule has 32 heavy (non-hydrogen) atoms. The molecule has 1 aromatic rings. The number of nitrogens with one attached hydrogen (secondary N) is 2. The number of guanidine groups is 1. The minimum Gasteiger partial charge on any atom is -0.354 e. The second-order valence-corrected chi connectivity index (χ2v) is 8.67. The van der Waals surface area contributed by atoms with Gasteiger partial charge in [-0.05, 0) is 57.1 Å². The summed E-state index contributed by atoms with van der Waals surface area (Å²) in [5, 5.41) is 6.99. The summed E-state index contributed by atoms with van der Waals surface area (Å²) in [6.07, 6.45) is 2.36. The number of hydrogen-bond donors (Lipinski definition) is 2. The van der Waals surface area contributed by atoms with Gasteiger partial charge in [0.05, 0.1) is 0 Å². The molecule has 0 saturated carbocycles. The summed E-state index contributed by atoms with van der Waals surface area (Å²) in [4.78, 5) is 12.0. The number of nitrogens with zero attached hydrogens (tertiary/aromatic N) is 4. The normalized spacial score (nSPS) is 16.6. The van der Waals surface area contributed by atoms with Crippen molar-refractivity contribution >= 4 is 29.9 Å². The van der Waals surface area contributed by atoms with Gasteiger partial charge in [0.25, 0.3) is 0 Å². The molecule has 1 saturated heterocycles. The summed E-state index contributed by atoms with van der Waals surface area (Å²) in [5.41, 5.74) is 2.69. The lowest BCUT2D eigenvalue weighted by molar-refractivity contribution is 0.132. The van der Waals surface area contributed by atoms with Gasteiger partial charge in [-0.3, -0.25) is 9.89 Å². The third-order valence-corrected chi connectivity index (χ3v) is 6.41. The molecule has 0 bridgehead atoms. The van der Waals surface area contributed by atoms with Crippen LogP contribution in [0, 0.1) is 0 Å². The smallest absolute Gasteiger partial charge is 0.191 e. The fourth-order valence-electron chi connectivity index (χ4n) is 4.13. The number of rotatable bonds is 12. The molecule has 2 rings (SSSR count). The second-order valence-electron chi connectivity index (χ2n) is 8.67. The number of halogens is 1. The lowest BCUT2D eigenvalue weighted by atomic mass is 10.1. The molecule has 1 aliphatic heterocycles. The highest BCUT2D eigenvalue weighted by Crippen LogP contribution is 2.10. The molecular formula is C25H47IN6. The molecule has 6 nitrogen and oxygen atoms in total. The highest BCUT2D eigenvalue weighted by molar-refractivity contribution is 14.0. The Morgan fingerprint density at radius 2 is 1.59 bits per heavy atom. The van der Waals surface area contributed by atoms with Crippen LogP contribution in [0.5, 0.6) is 0 Å². The van der Waals surface area contributed by atoms with Crippen molar-refractivity contribution < 1.29 is 0 Å². The minimum absolute atomic E-state index is 0. The van der Waals surface area contributed by atoms with Gasteiger partial charge in [0.1, 0.15) is 0 Å². The van der Waals surface area contributed by atoms with Crippen molar-refractivity contribution in [1.82, 2.24) is 25.3 Å². The van der Waals surface area contributed by atoms with Crippen molar-refractivity contribution in [3.63, 3.8) is 0 Å². The zero-order valence-corrected chi connectivity index (χ0v) is 23.4. The molecule has 1 aliphatic rings. The Morgan fingerprint density at radius 1 is 1.00 bits per heavy atom. The molecule has 0 aromatic heterocycles. The molecule has 1 fully saturated rings. The first-order chi connectivity index (χ1) is 15.1. The molecule has 0 spiro atoms. The van der Waals surface area contributed by atoms with Gasteiger partial charge >= 0.3 is 0 Å². The Bertz CT molecular complexity index is 624. The van der Waals surface area contributed by atoms with Crippen LogP contribution in [0.2, 0.25) is 0 Å². The van der Waals surface area contributed by atoms with Crippen LogP contribution in [0.3, 0.4) is 0 Å². The topological polar surface area (TPSA) is 46.1 Å². The van der Waals surface area contributed by atoms with Crippen molar-refractivity contribution in [2.45, 2.75) is 59.7 Å². The average Bonchev–Trinajstić information content (AvgIpc) is 2.81. The molecule has 1 unspecified atom stereocenters. The van der Waals surface area contributed by atoms with E-state index in [4.69, 9.17) is 0 Å². The van der Waals surface area contributed by atoms with Crippen molar-refractivity contribution in [1.29, 1.82) is 0 Å². The van der Waals surface area contributed by atoms with Crippen molar-refractivity contribution in [2.75, 3.05) is 59.4 Å². The Labute approximate surface area is 214 Å². The Hall–Kier alpha value is -0.900. The maximum absolute atomic E-state index is 4.40. The van der Waals surface area contributed by atoms with Crippen LogP contribution in [0.15, 0.2) is 29.3 Å². The quantitative estimate of drug-likeness (QED) is 0.233. The molecule has 7 heteroatoms. The van der Waals surface area contributed by atoms with Crippen LogP contribution in [0.25, 0.3) is 0 Å². The first kappa shape index (κ1) is 29.1. The summed E-state index contributed by atoms with van der Waals surface area (Å²) in [6, 6.07) is 9.44. The highest BCUT2D eigenvalue weighted by atomic mass is 127. The van der Waals surface area contributed by atoms with E-state index in [1.807, 2.05) is 7.05 Å². The maximum Gasteiger partial charge on any atom is 0.191 e. The van der Waals surface area contributed by atoms with Gasteiger partial charge in [-0.25, -0.2) is 0 Å². The largest absolute Gasteiger partial charge is 0.354 e. The summed E-state index contributed by atoms with van der Waals surface area (Å²) in [7, 11) is 1.85. The fraction of sp³-hybridized carbons (Fsp3) is 0.720. The highest BCUT2D eigenvalue weighted by Gasteiger charge is 2.15. The van der Waals surface area contributed by atoms with Gasteiger partial charge in [0, 0.05) is 52.4 Å². The van der Waals surface area contributed by atoms with Crippen molar-refractivity contribution in [2.24, 2.45) is 4.99 Å². The summed E-state index contributed by atoms with van der Waals surface area (Å²) in [6.45, 7) is 20.1. The summed E-state index contributed by atoms with van der Waals surface area (Å²) >= 11 is 0. The standard InChI is InChI=1S/C25H46N6.HI/c1-6-29(7-2)15-9-10-22(4)28-25(26-5)27-20-23-11-13-24(14-12-23)21-31-18-16-30(8-3)17-19-31;/h11-14,22H,6-10,15-21H2,1-5H3,(H2,26,27,28);1H. The van der Waals surface area contributed by atoms with E-state index < -0.39 is 0 Å². The molecule has 0 radical (unpaired) electrons. The van der Waals surface area contributed by atoms with Gasteiger partial charge in [-0.15, -0.1) is 24.0 Å². The van der Waals surface area contributed by atoms with E-state index in [0.29, 0.717) is 6.04 Å². The first-order valence-electron chi connectivity index (χ1n) is 12.3. The number of aliphatic imine (C=N–C) groups is 1. The van der Waals surface area contributed by atoms with Gasteiger partial charge < -0.3 is 20.4 Å². The third-order valence-electron chi connectivity index (χ3n) is 6.41. The molecule has 184 valence electrons. The van der Waals surface area contributed by atoms with Gasteiger partial charge in [0.15, 0.2) is 5.96 Å². The van der Waals surface area contributed by atoms with E-state index in [1.165, 1.54) is 56.8 Å². The van der Waals surface area contributed by atoms with E-state index >= 15 is 0 Å². The molecule has 0 amide bonds. The molecule has 1 heterocycles. The minimum atomic E-state index is 0. The van der Waals surface area contributed by atoms with Crippen LogP contribution >= 0.6 is 24.0 Å². The Kier molecular flexibility index (Phi) is 15.2. The molecule has 0 aliphatic carbocycles. The number of benzene rings is 1. The number of hydrogen-bond acceptors (Lipinski definition) is 4. The molecular weight excluding hydrogens is 511 g/mol. The van der Waals surface area contributed by atoms with Crippen molar-refractivity contribution in [3.05, 3.63) is 35.4 Å². The summed E-state index contributed by atoms with van der Waals surface area (Å²) in [5.74, 6) is 0.883. The van der Waals surface area contributed by atoms with E-state index in [2.05, 4.69) is 82.3 Å². The second kappa shape index (κ2) is 16.7. The van der Waals surface area contributed by atoms with Crippen LogP contribution in [0.4, 0.5) is 0 Å². The van der Waals surface area contributed by atoms with Gasteiger partial charge in [-0.1, -0.05) is 45.0 Å². The zero-order valence-electron chi connectivity index (χ0n) is 21.1. The number of likely N-dealkylation sites (N-methyl/N-ethyl adjacent to an activating group) is 1. The lowest BCUT2D eigenvalue weighted by Gasteiger charge is -2.34. The summed E-state index contributed by atoms with van der Waals surface area (Å²) < 4.78 is 0. The van der Waals surface area contributed by atoms with Crippen LogP contribution < -0.4 is 10.6 Å². The lowest BCUT2D eigenvalue weighted by Crippen LogP contribution is -2.45. The molecule has 1 atom stereocenters. The maximum atomic E-state index is 4.40. The predicted octanol–water partition coefficient (Wildman–Crippen LogP) is 3.62. The predicted molar refractivity (Wildman–Crippen MR) is 149 cm³/mol.